The lowest BCUT2D eigenvalue weighted by Gasteiger charge is -2.07. The smallest absolute Gasteiger partial charge is 0.338 e. The number of tetrazole rings is 1. The maximum Gasteiger partial charge on any atom is 0.338 e. The molecule has 4 rings (SSSR count). The number of hydrogen-bond acceptors (Lipinski definition) is 6. The number of pyridine rings is 1. The number of para-hydroxylation sites is 1. The van der Waals surface area contributed by atoms with Gasteiger partial charge in [-0.1, -0.05) is 37.6 Å². The predicted molar refractivity (Wildman–Crippen MR) is 105 cm³/mol. The van der Waals surface area contributed by atoms with E-state index in [0.29, 0.717) is 23.7 Å². The summed E-state index contributed by atoms with van der Waals surface area (Å²) < 4.78 is 6.84. The number of esters is 1. The van der Waals surface area contributed by atoms with Crippen LogP contribution in [0, 0.1) is 0 Å². The van der Waals surface area contributed by atoms with Gasteiger partial charge >= 0.3 is 5.97 Å². The Labute approximate surface area is 162 Å². The zero-order chi connectivity index (χ0) is 19.3. The van der Waals surface area contributed by atoms with Crippen molar-refractivity contribution in [2.45, 2.75) is 19.8 Å². The van der Waals surface area contributed by atoms with E-state index in [4.69, 9.17) is 4.74 Å². The van der Waals surface area contributed by atoms with E-state index in [9.17, 15) is 4.79 Å². The fourth-order valence-electron chi connectivity index (χ4n) is 2.84. The van der Waals surface area contributed by atoms with Gasteiger partial charge < -0.3 is 4.74 Å². The molecule has 2 aromatic carbocycles. The molecule has 0 atom stereocenters. The summed E-state index contributed by atoms with van der Waals surface area (Å²) >= 11 is 0. The molecule has 0 unspecified atom stereocenters. The van der Waals surface area contributed by atoms with Crippen molar-refractivity contribution in [3.63, 3.8) is 0 Å². The molecule has 0 amide bonds. The zero-order valence-corrected chi connectivity index (χ0v) is 15.4. The minimum absolute atomic E-state index is 0.326. The van der Waals surface area contributed by atoms with Crippen LogP contribution < -0.4 is 0 Å². The quantitative estimate of drug-likeness (QED) is 0.377. The minimum Gasteiger partial charge on any atom is -0.462 e. The summed E-state index contributed by atoms with van der Waals surface area (Å²) in [5.74, 6) is 0.206. The maximum absolute atomic E-state index is 12.1. The summed E-state index contributed by atoms with van der Waals surface area (Å²) in [6.45, 7) is 2.48. The highest BCUT2D eigenvalue weighted by Crippen LogP contribution is 2.21. The Morgan fingerprint density at radius 2 is 1.86 bits per heavy atom. The summed E-state index contributed by atoms with van der Waals surface area (Å²) in [6.07, 6.45) is 1.84. The van der Waals surface area contributed by atoms with Crippen LogP contribution in [0.5, 0.6) is 0 Å². The molecular weight excluding hydrogens is 354 g/mol. The van der Waals surface area contributed by atoms with Crippen LogP contribution in [-0.4, -0.2) is 37.8 Å². The average molecular weight is 373 g/mol. The van der Waals surface area contributed by atoms with E-state index < -0.39 is 0 Å². The fourth-order valence-corrected chi connectivity index (χ4v) is 2.84. The van der Waals surface area contributed by atoms with Crippen molar-refractivity contribution in [2.75, 3.05) is 6.61 Å². The maximum atomic E-state index is 12.1. The molecule has 7 nitrogen and oxygen atoms in total. The third kappa shape index (κ3) is 3.59. The Morgan fingerprint density at radius 1 is 1.04 bits per heavy atom. The highest BCUT2D eigenvalue weighted by atomic mass is 16.5. The normalized spacial score (nSPS) is 10.9. The minimum atomic E-state index is -0.326. The van der Waals surface area contributed by atoms with Gasteiger partial charge in [-0.3, -0.25) is 0 Å². The standard InChI is InChI=1S/C21H19N5O2/c1-2-3-14-28-21(27)16-8-11-17(12-9-16)26-20(23-24-25-26)19-13-10-15-6-4-5-7-18(15)22-19/h4-13H,2-3,14H2,1H3. The molecule has 140 valence electrons. The molecule has 0 spiro atoms. The van der Waals surface area contributed by atoms with E-state index in [1.807, 2.05) is 36.4 Å². The monoisotopic (exact) mass is 373 g/mol. The van der Waals surface area contributed by atoms with Crippen LogP contribution in [0.15, 0.2) is 60.7 Å². The summed E-state index contributed by atoms with van der Waals surface area (Å²) in [6, 6.07) is 18.8. The number of ether oxygens (including phenoxy) is 1. The van der Waals surface area contributed by atoms with Gasteiger partial charge in [0.1, 0.15) is 5.69 Å². The van der Waals surface area contributed by atoms with Gasteiger partial charge in [-0.15, -0.1) is 5.10 Å². The molecule has 7 heteroatoms. The molecular formula is C21H19N5O2. The van der Waals surface area contributed by atoms with E-state index >= 15 is 0 Å². The third-order valence-electron chi connectivity index (χ3n) is 4.38. The highest BCUT2D eigenvalue weighted by Gasteiger charge is 2.14. The molecule has 28 heavy (non-hydrogen) atoms. The lowest BCUT2D eigenvalue weighted by Crippen LogP contribution is -2.07. The summed E-state index contributed by atoms with van der Waals surface area (Å²) in [4.78, 5) is 16.7. The number of nitrogens with zero attached hydrogens (tertiary/aromatic N) is 5. The van der Waals surface area contributed by atoms with E-state index in [-0.39, 0.29) is 5.97 Å². The number of fused-ring (bicyclic) bond motifs is 1. The van der Waals surface area contributed by atoms with Crippen LogP contribution in [0.1, 0.15) is 30.1 Å². The first-order chi connectivity index (χ1) is 13.8. The molecule has 2 aromatic heterocycles. The van der Waals surface area contributed by atoms with Crippen molar-refractivity contribution in [1.82, 2.24) is 25.2 Å². The molecule has 4 aromatic rings. The predicted octanol–water partition coefficient (Wildman–Crippen LogP) is 3.83. The van der Waals surface area contributed by atoms with Gasteiger partial charge in [0.2, 0.25) is 5.82 Å². The Balaban J connectivity index is 1.60. The number of aromatic nitrogens is 5. The number of rotatable bonds is 6. The summed E-state index contributed by atoms with van der Waals surface area (Å²) in [5, 5.41) is 13.0. The number of hydrogen-bond donors (Lipinski definition) is 0. The van der Waals surface area contributed by atoms with E-state index in [1.165, 1.54) is 0 Å². The zero-order valence-electron chi connectivity index (χ0n) is 15.4. The van der Waals surface area contributed by atoms with Gasteiger partial charge in [0.25, 0.3) is 0 Å². The molecule has 0 radical (unpaired) electrons. The van der Waals surface area contributed by atoms with E-state index in [2.05, 4.69) is 27.4 Å². The van der Waals surface area contributed by atoms with Crippen LogP contribution in [0.25, 0.3) is 28.1 Å². The second-order valence-corrected chi connectivity index (χ2v) is 6.34. The fraction of sp³-hybridized carbons (Fsp3) is 0.190. The van der Waals surface area contributed by atoms with Crippen LogP contribution in [-0.2, 0) is 4.74 Å². The van der Waals surface area contributed by atoms with Crippen molar-refractivity contribution in [2.24, 2.45) is 0 Å². The van der Waals surface area contributed by atoms with Gasteiger partial charge in [-0.25, -0.2) is 9.78 Å². The molecule has 2 heterocycles. The Kier molecular flexibility index (Phi) is 5.05. The first-order valence-corrected chi connectivity index (χ1v) is 9.18. The molecule has 0 N–H and O–H groups in total. The van der Waals surface area contributed by atoms with Crippen molar-refractivity contribution < 1.29 is 9.53 Å². The molecule has 0 saturated heterocycles. The average Bonchev–Trinajstić information content (AvgIpc) is 3.23. The number of carbonyl (C=O) groups is 1. The second kappa shape index (κ2) is 7.96. The Bertz CT molecular complexity index is 1110. The van der Waals surface area contributed by atoms with Gasteiger partial charge in [-0.2, -0.15) is 4.68 Å². The number of unbranched alkanes of at least 4 members (excludes halogenated alkanes) is 1. The van der Waals surface area contributed by atoms with Crippen LogP contribution in [0.3, 0.4) is 0 Å². The summed E-state index contributed by atoms with van der Waals surface area (Å²) in [5.41, 5.74) is 2.78. The molecule has 0 aliphatic rings. The largest absolute Gasteiger partial charge is 0.462 e. The van der Waals surface area contributed by atoms with Gasteiger partial charge in [-0.05, 0) is 53.2 Å². The molecule has 0 bridgehead atoms. The third-order valence-corrected chi connectivity index (χ3v) is 4.38. The lowest BCUT2D eigenvalue weighted by atomic mass is 10.2. The van der Waals surface area contributed by atoms with Crippen molar-refractivity contribution >= 4 is 16.9 Å². The first-order valence-electron chi connectivity index (χ1n) is 9.18. The van der Waals surface area contributed by atoms with Crippen LogP contribution in [0.4, 0.5) is 0 Å². The summed E-state index contributed by atoms with van der Waals surface area (Å²) in [7, 11) is 0. The molecule has 0 aliphatic heterocycles. The van der Waals surface area contributed by atoms with Crippen molar-refractivity contribution in [3.8, 4) is 17.2 Å². The number of benzene rings is 2. The Morgan fingerprint density at radius 3 is 2.68 bits per heavy atom. The van der Waals surface area contributed by atoms with Gasteiger partial charge in [0, 0.05) is 5.39 Å². The van der Waals surface area contributed by atoms with E-state index in [1.54, 1.807) is 28.9 Å². The molecule has 0 aliphatic carbocycles. The van der Waals surface area contributed by atoms with Crippen LogP contribution >= 0.6 is 0 Å². The Hall–Kier alpha value is -3.61. The van der Waals surface area contributed by atoms with Crippen LogP contribution in [0.2, 0.25) is 0 Å². The molecule has 0 fully saturated rings. The lowest BCUT2D eigenvalue weighted by molar-refractivity contribution is 0.0500. The van der Waals surface area contributed by atoms with Gasteiger partial charge in [0.05, 0.1) is 23.4 Å². The topological polar surface area (TPSA) is 82.8 Å². The highest BCUT2D eigenvalue weighted by molar-refractivity contribution is 5.89. The SMILES string of the molecule is CCCCOC(=O)c1ccc(-n2nnnc2-c2ccc3ccccc3n2)cc1. The van der Waals surface area contributed by atoms with Crippen molar-refractivity contribution in [3.05, 3.63) is 66.2 Å². The van der Waals surface area contributed by atoms with Crippen molar-refractivity contribution in [1.29, 1.82) is 0 Å². The first kappa shape index (κ1) is 17.8. The van der Waals surface area contributed by atoms with E-state index in [0.717, 1.165) is 29.4 Å². The second-order valence-electron chi connectivity index (χ2n) is 6.34. The number of carbonyl (C=O) groups excluding carboxylic acids is 1. The molecule has 0 saturated carbocycles. The van der Waals surface area contributed by atoms with Gasteiger partial charge in [0.15, 0.2) is 0 Å².